The van der Waals surface area contributed by atoms with Gasteiger partial charge in [-0.15, -0.1) is 0 Å². The van der Waals surface area contributed by atoms with E-state index in [1.54, 1.807) is 0 Å². The van der Waals surface area contributed by atoms with Crippen LogP contribution in [-0.2, 0) is 0 Å². The van der Waals surface area contributed by atoms with Gasteiger partial charge in [-0.25, -0.2) is 0 Å². The van der Waals surface area contributed by atoms with Gasteiger partial charge in [0, 0.05) is 5.69 Å². The summed E-state index contributed by atoms with van der Waals surface area (Å²) in [6.45, 7) is 3.98. The molecule has 0 saturated carbocycles. The number of nitrogens with zero attached hydrogens (tertiary/aromatic N) is 1. The van der Waals surface area contributed by atoms with Gasteiger partial charge in [0.15, 0.2) is 0 Å². The second kappa shape index (κ2) is 3.16. The van der Waals surface area contributed by atoms with Crippen molar-refractivity contribution in [3.05, 3.63) is 35.7 Å². The zero-order valence-electron chi connectivity index (χ0n) is 6.33. The van der Waals surface area contributed by atoms with Crippen LogP contribution in [0, 0.1) is 6.92 Å². The molecule has 0 atom stereocenters. The summed E-state index contributed by atoms with van der Waals surface area (Å²) >= 11 is 0. The Balaban J connectivity index is 2.95. The van der Waals surface area contributed by atoms with E-state index in [2.05, 4.69) is 4.98 Å². The Kier molecular flexibility index (Phi) is 2.21. The lowest BCUT2D eigenvalue weighted by Crippen LogP contribution is -1.82. The summed E-state index contributed by atoms with van der Waals surface area (Å²) in [5, 5.41) is 0. The van der Waals surface area contributed by atoms with Crippen molar-refractivity contribution in [1.29, 1.82) is 0 Å². The quantitative estimate of drug-likeness (QED) is 0.573. The van der Waals surface area contributed by atoms with Crippen LogP contribution < -0.4 is 0 Å². The molecule has 0 aliphatic rings. The highest BCUT2D eigenvalue weighted by Crippen LogP contribution is 1.99. The minimum Gasteiger partial charge on any atom is -0.254 e. The third-order valence-corrected chi connectivity index (χ3v) is 1.25. The molecule has 0 unspecified atom stereocenters. The lowest BCUT2D eigenvalue weighted by atomic mass is 10.3. The fraction of sp³-hybridized carbons (Fsp3) is 0.222. The van der Waals surface area contributed by atoms with Crippen LogP contribution in [0.15, 0.2) is 24.3 Å². The zero-order valence-corrected chi connectivity index (χ0v) is 6.33. The van der Waals surface area contributed by atoms with Crippen LogP contribution in [-0.4, -0.2) is 4.98 Å². The molecule has 0 aliphatic carbocycles. The van der Waals surface area contributed by atoms with E-state index >= 15 is 0 Å². The van der Waals surface area contributed by atoms with Crippen LogP contribution in [0.1, 0.15) is 18.3 Å². The minimum absolute atomic E-state index is 1.03. The molecule has 0 saturated heterocycles. The van der Waals surface area contributed by atoms with Gasteiger partial charge in [-0.3, -0.25) is 4.98 Å². The number of rotatable bonds is 1. The molecule has 0 bridgehead atoms. The molecule has 1 rings (SSSR count). The predicted molar refractivity (Wildman–Crippen MR) is 43.7 cm³/mol. The number of aromatic nitrogens is 1. The maximum atomic E-state index is 4.28. The van der Waals surface area contributed by atoms with E-state index in [1.165, 1.54) is 0 Å². The standard InChI is InChI=1S/C9H11N/c1-3-5-9-7-4-6-8(2)10-9/h3-7H,1-2H3/b5-3-. The van der Waals surface area contributed by atoms with Crippen LogP contribution in [0.25, 0.3) is 6.08 Å². The summed E-state index contributed by atoms with van der Waals surface area (Å²) in [6.07, 6.45) is 3.98. The normalized spacial score (nSPS) is 10.6. The average molecular weight is 133 g/mol. The summed E-state index contributed by atoms with van der Waals surface area (Å²) in [7, 11) is 0. The number of pyridine rings is 1. The van der Waals surface area contributed by atoms with Gasteiger partial charge in [-0.05, 0) is 32.1 Å². The number of hydrogen-bond donors (Lipinski definition) is 0. The van der Waals surface area contributed by atoms with Crippen LogP contribution in [0.5, 0.6) is 0 Å². The summed E-state index contributed by atoms with van der Waals surface area (Å²) in [5.41, 5.74) is 2.10. The molecule has 0 amide bonds. The number of hydrogen-bond acceptors (Lipinski definition) is 1. The maximum Gasteiger partial charge on any atom is 0.0629 e. The molecule has 0 N–H and O–H groups in total. The molecule has 0 radical (unpaired) electrons. The molecule has 1 aromatic rings. The van der Waals surface area contributed by atoms with Gasteiger partial charge in [0.25, 0.3) is 0 Å². The molecule has 52 valence electrons. The smallest absolute Gasteiger partial charge is 0.0629 e. The summed E-state index contributed by atoms with van der Waals surface area (Å²) < 4.78 is 0. The first kappa shape index (κ1) is 7.00. The van der Waals surface area contributed by atoms with Gasteiger partial charge in [0.1, 0.15) is 0 Å². The van der Waals surface area contributed by atoms with Crippen molar-refractivity contribution in [3.8, 4) is 0 Å². The molecule has 1 nitrogen and oxygen atoms in total. The highest BCUT2D eigenvalue weighted by molar-refractivity contribution is 5.43. The molecule has 0 aromatic carbocycles. The molecule has 0 spiro atoms. The molecular formula is C9H11N. The van der Waals surface area contributed by atoms with Crippen molar-refractivity contribution in [2.45, 2.75) is 13.8 Å². The SMILES string of the molecule is C/C=C\c1cccc(C)n1. The largest absolute Gasteiger partial charge is 0.254 e. The lowest BCUT2D eigenvalue weighted by Gasteiger charge is -1.92. The van der Waals surface area contributed by atoms with Crippen molar-refractivity contribution in [1.82, 2.24) is 4.98 Å². The number of allylic oxidation sites excluding steroid dienone is 1. The Morgan fingerprint density at radius 3 is 2.80 bits per heavy atom. The average Bonchev–Trinajstić information content (AvgIpc) is 1.88. The fourth-order valence-electron chi connectivity index (χ4n) is 0.828. The Labute approximate surface area is 61.4 Å². The molecule has 1 heteroatoms. The van der Waals surface area contributed by atoms with E-state index in [1.807, 2.05) is 44.2 Å². The van der Waals surface area contributed by atoms with Gasteiger partial charge < -0.3 is 0 Å². The zero-order chi connectivity index (χ0) is 7.40. The Bertz CT molecular complexity index is 238. The van der Waals surface area contributed by atoms with Crippen molar-refractivity contribution in [3.63, 3.8) is 0 Å². The summed E-state index contributed by atoms with van der Waals surface area (Å²) in [4.78, 5) is 4.28. The van der Waals surface area contributed by atoms with Crippen molar-refractivity contribution < 1.29 is 0 Å². The number of aryl methyl sites for hydroxylation is 1. The van der Waals surface area contributed by atoms with Gasteiger partial charge in [0.2, 0.25) is 0 Å². The lowest BCUT2D eigenvalue weighted by molar-refractivity contribution is 1.18. The van der Waals surface area contributed by atoms with Crippen LogP contribution in [0.3, 0.4) is 0 Å². The molecular weight excluding hydrogens is 122 g/mol. The fourth-order valence-corrected chi connectivity index (χ4v) is 0.828. The van der Waals surface area contributed by atoms with Gasteiger partial charge in [0.05, 0.1) is 5.69 Å². The highest BCUT2D eigenvalue weighted by atomic mass is 14.7. The molecule has 1 heterocycles. The van der Waals surface area contributed by atoms with E-state index < -0.39 is 0 Å². The third-order valence-electron chi connectivity index (χ3n) is 1.25. The Hall–Kier alpha value is -1.11. The van der Waals surface area contributed by atoms with Crippen LogP contribution in [0.2, 0.25) is 0 Å². The van der Waals surface area contributed by atoms with Gasteiger partial charge >= 0.3 is 0 Å². The molecule has 0 fully saturated rings. The second-order valence-corrected chi connectivity index (χ2v) is 2.20. The maximum absolute atomic E-state index is 4.28. The molecule has 1 aromatic heterocycles. The predicted octanol–water partition coefficient (Wildman–Crippen LogP) is 2.42. The van der Waals surface area contributed by atoms with Crippen molar-refractivity contribution in [2.24, 2.45) is 0 Å². The monoisotopic (exact) mass is 133 g/mol. The van der Waals surface area contributed by atoms with Gasteiger partial charge in [-0.1, -0.05) is 12.1 Å². The Morgan fingerprint density at radius 1 is 1.40 bits per heavy atom. The van der Waals surface area contributed by atoms with E-state index in [-0.39, 0.29) is 0 Å². The van der Waals surface area contributed by atoms with Crippen LogP contribution in [0.4, 0.5) is 0 Å². The first-order chi connectivity index (χ1) is 4.83. The van der Waals surface area contributed by atoms with E-state index in [4.69, 9.17) is 0 Å². The topological polar surface area (TPSA) is 12.9 Å². The van der Waals surface area contributed by atoms with Crippen LogP contribution >= 0.6 is 0 Å². The molecule has 10 heavy (non-hydrogen) atoms. The second-order valence-electron chi connectivity index (χ2n) is 2.20. The highest BCUT2D eigenvalue weighted by Gasteiger charge is 1.85. The first-order valence-corrected chi connectivity index (χ1v) is 3.39. The first-order valence-electron chi connectivity index (χ1n) is 3.39. The van der Waals surface area contributed by atoms with E-state index in [9.17, 15) is 0 Å². The van der Waals surface area contributed by atoms with Crippen molar-refractivity contribution >= 4 is 6.08 Å². The van der Waals surface area contributed by atoms with Gasteiger partial charge in [-0.2, -0.15) is 0 Å². The summed E-state index contributed by atoms with van der Waals surface area (Å²) in [5.74, 6) is 0. The van der Waals surface area contributed by atoms with E-state index in [0.717, 1.165) is 11.4 Å². The Morgan fingerprint density at radius 2 is 2.20 bits per heavy atom. The minimum atomic E-state index is 1.03. The van der Waals surface area contributed by atoms with Crippen molar-refractivity contribution in [2.75, 3.05) is 0 Å². The van der Waals surface area contributed by atoms with E-state index in [0.29, 0.717) is 0 Å². The third kappa shape index (κ3) is 1.69. The summed E-state index contributed by atoms with van der Waals surface area (Å²) in [6, 6.07) is 6.00. The molecule has 0 aliphatic heterocycles.